The third-order valence-corrected chi connectivity index (χ3v) is 2.78. The molecule has 2 rings (SSSR count). The van der Waals surface area contributed by atoms with E-state index >= 15 is 0 Å². The van der Waals surface area contributed by atoms with Crippen molar-refractivity contribution >= 4 is 5.97 Å². The molecule has 2 N–H and O–H groups in total. The second kappa shape index (κ2) is 5.69. The van der Waals surface area contributed by atoms with Crippen molar-refractivity contribution in [2.24, 2.45) is 0 Å². The van der Waals surface area contributed by atoms with Gasteiger partial charge in [-0.05, 0) is 17.2 Å². The number of carboxylic acids is 1. The molecule has 0 aliphatic heterocycles. The molecule has 0 fully saturated rings. The third kappa shape index (κ3) is 2.83. The van der Waals surface area contributed by atoms with Crippen molar-refractivity contribution in [3.8, 4) is 0 Å². The summed E-state index contributed by atoms with van der Waals surface area (Å²) in [5.74, 6) is -1.09. The molecule has 0 bridgehead atoms. The number of aliphatic hydroxyl groups excluding tert-OH is 1. The summed E-state index contributed by atoms with van der Waals surface area (Å²) in [7, 11) is 1.60. The molecular formula is C14H14O5. The Morgan fingerprint density at radius 1 is 1.32 bits per heavy atom. The SMILES string of the molecule is COCc1ccc(C(O)c2occc2C(=O)O)cc1. The smallest absolute Gasteiger partial charge is 0.339 e. The first-order chi connectivity index (χ1) is 9.13. The molecule has 5 heteroatoms. The van der Waals surface area contributed by atoms with Crippen LogP contribution in [0.2, 0.25) is 0 Å². The van der Waals surface area contributed by atoms with Gasteiger partial charge in [0.2, 0.25) is 0 Å². The fourth-order valence-corrected chi connectivity index (χ4v) is 1.82. The summed E-state index contributed by atoms with van der Waals surface area (Å²) in [4.78, 5) is 11.0. The van der Waals surface area contributed by atoms with Gasteiger partial charge in [-0.2, -0.15) is 0 Å². The molecule has 1 atom stereocenters. The number of hydrogen-bond donors (Lipinski definition) is 2. The number of aromatic carboxylic acids is 1. The van der Waals surface area contributed by atoms with Crippen LogP contribution in [0.4, 0.5) is 0 Å². The molecule has 1 aromatic heterocycles. The van der Waals surface area contributed by atoms with Crippen LogP contribution in [0.1, 0.15) is 33.3 Å². The Labute approximate surface area is 110 Å². The van der Waals surface area contributed by atoms with E-state index in [1.165, 1.54) is 12.3 Å². The van der Waals surface area contributed by atoms with Crippen LogP contribution in [0, 0.1) is 0 Å². The van der Waals surface area contributed by atoms with E-state index in [1.807, 2.05) is 12.1 Å². The summed E-state index contributed by atoms with van der Waals surface area (Å²) in [6.45, 7) is 0.484. The molecule has 0 aliphatic rings. The van der Waals surface area contributed by atoms with Crippen LogP contribution in [0.3, 0.4) is 0 Å². The van der Waals surface area contributed by atoms with Crippen molar-refractivity contribution in [1.29, 1.82) is 0 Å². The van der Waals surface area contributed by atoms with Crippen LogP contribution in [0.15, 0.2) is 41.0 Å². The molecule has 0 saturated heterocycles. The first kappa shape index (κ1) is 13.3. The zero-order chi connectivity index (χ0) is 13.8. The Balaban J connectivity index is 2.25. The van der Waals surface area contributed by atoms with Gasteiger partial charge in [0.25, 0.3) is 0 Å². The quantitative estimate of drug-likeness (QED) is 0.863. The number of methoxy groups -OCH3 is 1. The lowest BCUT2D eigenvalue weighted by Gasteiger charge is -2.10. The maximum absolute atomic E-state index is 11.0. The molecule has 0 spiro atoms. The predicted octanol–water partition coefficient (Wildman–Crippen LogP) is 2.21. The van der Waals surface area contributed by atoms with Gasteiger partial charge >= 0.3 is 5.97 Å². The Morgan fingerprint density at radius 3 is 2.58 bits per heavy atom. The standard InChI is InChI=1S/C14H14O5/c1-18-8-9-2-4-10(5-3-9)12(15)13-11(14(16)17)6-7-19-13/h2-7,12,15H,8H2,1H3,(H,16,17). The molecule has 2 aromatic rings. The summed E-state index contributed by atoms with van der Waals surface area (Å²) < 4.78 is 10.1. The summed E-state index contributed by atoms with van der Waals surface area (Å²) >= 11 is 0. The second-order valence-corrected chi connectivity index (χ2v) is 4.08. The number of aliphatic hydroxyl groups is 1. The Kier molecular flexibility index (Phi) is 3.99. The molecule has 0 saturated carbocycles. The van der Waals surface area contributed by atoms with E-state index in [2.05, 4.69) is 0 Å². The summed E-state index contributed by atoms with van der Waals surface area (Å²) in [6.07, 6.45) is 0.152. The van der Waals surface area contributed by atoms with Crippen LogP contribution in [0.25, 0.3) is 0 Å². The highest BCUT2D eigenvalue weighted by Crippen LogP contribution is 2.26. The molecule has 19 heavy (non-hydrogen) atoms. The predicted molar refractivity (Wildman–Crippen MR) is 66.9 cm³/mol. The van der Waals surface area contributed by atoms with E-state index in [0.29, 0.717) is 12.2 Å². The van der Waals surface area contributed by atoms with Crippen LogP contribution < -0.4 is 0 Å². The normalized spacial score (nSPS) is 12.3. The fourth-order valence-electron chi connectivity index (χ4n) is 1.82. The molecule has 1 aromatic carbocycles. The monoisotopic (exact) mass is 262 g/mol. The van der Waals surface area contributed by atoms with Gasteiger partial charge in [-0.25, -0.2) is 4.79 Å². The minimum absolute atomic E-state index is 0.0338. The van der Waals surface area contributed by atoms with Crippen LogP contribution in [-0.2, 0) is 11.3 Å². The molecule has 1 unspecified atom stereocenters. The summed E-state index contributed by atoms with van der Waals surface area (Å²) in [6, 6.07) is 8.37. The van der Waals surface area contributed by atoms with Crippen LogP contribution >= 0.6 is 0 Å². The number of furan rings is 1. The fraction of sp³-hybridized carbons (Fsp3) is 0.214. The van der Waals surface area contributed by atoms with Crippen molar-refractivity contribution < 1.29 is 24.2 Å². The highest BCUT2D eigenvalue weighted by molar-refractivity contribution is 5.88. The number of benzene rings is 1. The average molecular weight is 262 g/mol. The number of hydrogen-bond acceptors (Lipinski definition) is 4. The number of carbonyl (C=O) groups is 1. The lowest BCUT2D eigenvalue weighted by molar-refractivity contribution is 0.0687. The number of ether oxygens (including phenoxy) is 1. The van der Waals surface area contributed by atoms with Gasteiger partial charge < -0.3 is 19.4 Å². The Morgan fingerprint density at radius 2 is 2.00 bits per heavy atom. The zero-order valence-electron chi connectivity index (χ0n) is 10.4. The Bertz CT molecular complexity index is 555. The van der Waals surface area contributed by atoms with Crippen molar-refractivity contribution in [2.75, 3.05) is 7.11 Å². The van der Waals surface area contributed by atoms with Gasteiger partial charge in [0.15, 0.2) is 5.76 Å². The summed E-state index contributed by atoms with van der Waals surface area (Å²) in [5.41, 5.74) is 1.50. The largest absolute Gasteiger partial charge is 0.478 e. The van der Waals surface area contributed by atoms with Gasteiger partial charge in [0, 0.05) is 7.11 Å². The van der Waals surface area contributed by atoms with E-state index < -0.39 is 12.1 Å². The van der Waals surface area contributed by atoms with Crippen molar-refractivity contribution in [3.05, 3.63) is 59.0 Å². The van der Waals surface area contributed by atoms with E-state index in [1.54, 1.807) is 19.2 Å². The minimum Gasteiger partial charge on any atom is -0.478 e. The van der Waals surface area contributed by atoms with Gasteiger partial charge in [-0.3, -0.25) is 0 Å². The van der Waals surface area contributed by atoms with Gasteiger partial charge in [-0.15, -0.1) is 0 Å². The van der Waals surface area contributed by atoms with Crippen molar-refractivity contribution in [3.63, 3.8) is 0 Å². The lowest BCUT2D eigenvalue weighted by Crippen LogP contribution is -2.05. The number of rotatable bonds is 5. The van der Waals surface area contributed by atoms with E-state index in [4.69, 9.17) is 14.3 Å². The van der Waals surface area contributed by atoms with Crippen LogP contribution in [-0.4, -0.2) is 23.3 Å². The molecule has 5 nitrogen and oxygen atoms in total. The molecular weight excluding hydrogens is 248 g/mol. The maximum atomic E-state index is 11.0. The van der Waals surface area contributed by atoms with E-state index in [-0.39, 0.29) is 11.3 Å². The lowest BCUT2D eigenvalue weighted by atomic mass is 10.0. The summed E-state index contributed by atoms with van der Waals surface area (Å²) in [5, 5.41) is 19.1. The molecule has 1 heterocycles. The van der Waals surface area contributed by atoms with Crippen molar-refractivity contribution in [1.82, 2.24) is 0 Å². The average Bonchev–Trinajstić information content (AvgIpc) is 2.88. The van der Waals surface area contributed by atoms with Gasteiger partial charge in [-0.1, -0.05) is 24.3 Å². The second-order valence-electron chi connectivity index (χ2n) is 4.08. The van der Waals surface area contributed by atoms with Gasteiger partial charge in [0.1, 0.15) is 11.7 Å². The molecule has 0 radical (unpaired) electrons. The first-order valence-corrected chi connectivity index (χ1v) is 5.70. The molecule has 0 amide bonds. The highest BCUT2D eigenvalue weighted by Gasteiger charge is 2.22. The highest BCUT2D eigenvalue weighted by atomic mass is 16.5. The van der Waals surface area contributed by atoms with E-state index in [9.17, 15) is 9.90 Å². The van der Waals surface area contributed by atoms with E-state index in [0.717, 1.165) is 5.56 Å². The number of carboxylic acid groups (broad SMARTS) is 1. The Hall–Kier alpha value is -2.11. The maximum Gasteiger partial charge on any atom is 0.339 e. The topological polar surface area (TPSA) is 79.9 Å². The molecule has 100 valence electrons. The van der Waals surface area contributed by atoms with Gasteiger partial charge in [0.05, 0.1) is 12.9 Å². The minimum atomic E-state index is -1.13. The third-order valence-electron chi connectivity index (χ3n) is 2.78. The first-order valence-electron chi connectivity index (χ1n) is 5.70. The van der Waals surface area contributed by atoms with Crippen LogP contribution in [0.5, 0.6) is 0 Å². The zero-order valence-corrected chi connectivity index (χ0v) is 10.4. The van der Waals surface area contributed by atoms with Crippen molar-refractivity contribution in [2.45, 2.75) is 12.7 Å². The molecule has 0 aliphatic carbocycles.